The van der Waals surface area contributed by atoms with Gasteiger partial charge in [-0.05, 0) is 12.3 Å². The molecule has 0 unspecified atom stereocenters. The van der Waals surface area contributed by atoms with Gasteiger partial charge in [-0.3, -0.25) is 0 Å². The molecule has 1 N–H and O–H groups in total. The van der Waals surface area contributed by atoms with E-state index in [1.165, 1.54) is 7.11 Å². The third kappa shape index (κ3) is 3.45. The summed E-state index contributed by atoms with van der Waals surface area (Å²) in [6.45, 7) is 3.93. The molecule has 0 aromatic carbocycles. The van der Waals surface area contributed by atoms with Crippen LogP contribution in [0.1, 0.15) is 20.3 Å². The number of rotatable bonds is 4. The summed E-state index contributed by atoms with van der Waals surface area (Å²) in [7, 11) is 1.42. The van der Waals surface area contributed by atoms with E-state index in [1.807, 2.05) is 13.8 Å². The Bertz CT molecular complexity index is 109. The molecule has 3 heteroatoms. The van der Waals surface area contributed by atoms with Gasteiger partial charge >= 0.3 is 5.97 Å². The number of hydrogen-bond donors (Lipinski definition) is 1. The first-order valence-electron chi connectivity index (χ1n) is 3.33. The second-order valence-electron chi connectivity index (χ2n) is 2.69. The van der Waals surface area contributed by atoms with Crippen molar-refractivity contribution in [2.45, 2.75) is 26.4 Å². The monoisotopic (exact) mass is 146 g/mol. The second-order valence-corrected chi connectivity index (χ2v) is 2.69. The van der Waals surface area contributed by atoms with E-state index in [1.54, 1.807) is 0 Å². The molecule has 10 heavy (non-hydrogen) atoms. The van der Waals surface area contributed by atoms with Crippen molar-refractivity contribution in [1.29, 1.82) is 0 Å². The highest BCUT2D eigenvalue weighted by molar-refractivity contribution is 5.72. The molecule has 0 aliphatic heterocycles. The minimum atomic E-state index is -0.879. The molecule has 0 saturated heterocycles. The van der Waals surface area contributed by atoms with E-state index in [0.717, 1.165) is 0 Å². The standard InChI is InChI=1S/C7H14O3/c1-5(2)4-6(10-3)7(8)9/h5-6H,4H2,1-3H3,(H,8,9)/t6-/m0/s1. The maximum absolute atomic E-state index is 10.3. The van der Waals surface area contributed by atoms with Gasteiger partial charge in [0.2, 0.25) is 0 Å². The molecule has 0 aliphatic carbocycles. The summed E-state index contributed by atoms with van der Waals surface area (Å²) in [6.07, 6.45) is -0.0637. The van der Waals surface area contributed by atoms with Crippen molar-refractivity contribution in [2.75, 3.05) is 7.11 Å². The Balaban J connectivity index is 3.72. The number of hydrogen-bond acceptors (Lipinski definition) is 2. The van der Waals surface area contributed by atoms with Gasteiger partial charge in [-0.25, -0.2) is 4.79 Å². The third-order valence-electron chi connectivity index (χ3n) is 1.25. The highest BCUT2D eigenvalue weighted by Crippen LogP contribution is 2.06. The molecule has 0 aliphatic rings. The van der Waals surface area contributed by atoms with Crippen molar-refractivity contribution in [3.05, 3.63) is 0 Å². The van der Waals surface area contributed by atoms with Crippen LogP contribution in [0, 0.1) is 5.92 Å². The van der Waals surface area contributed by atoms with Gasteiger partial charge in [0.15, 0.2) is 6.10 Å². The average Bonchev–Trinajstić information content (AvgIpc) is 1.81. The quantitative estimate of drug-likeness (QED) is 0.646. The Labute approximate surface area is 61.0 Å². The van der Waals surface area contributed by atoms with Crippen LogP contribution in [0.2, 0.25) is 0 Å². The number of carbonyl (C=O) groups is 1. The number of carboxylic acids is 1. The van der Waals surface area contributed by atoms with Gasteiger partial charge < -0.3 is 9.84 Å². The van der Waals surface area contributed by atoms with Gasteiger partial charge in [0, 0.05) is 7.11 Å². The normalized spacial score (nSPS) is 13.6. The van der Waals surface area contributed by atoms with Crippen molar-refractivity contribution in [3.63, 3.8) is 0 Å². The number of carboxylic acid groups (broad SMARTS) is 1. The topological polar surface area (TPSA) is 46.5 Å². The maximum atomic E-state index is 10.3. The largest absolute Gasteiger partial charge is 0.479 e. The van der Waals surface area contributed by atoms with E-state index in [-0.39, 0.29) is 0 Å². The molecule has 0 fully saturated rings. The predicted octanol–water partition coefficient (Wildman–Crippen LogP) is 1.13. The number of methoxy groups -OCH3 is 1. The molecule has 60 valence electrons. The molecule has 0 radical (unpaired) electrons. The summed E-state index contributed by atoms with van der Waals surface area (Å²) in [5, 5.41) is 8.50. The van der Waals surface area contributed by atoms with Crippen LogP contribution >= 0.6 is 0 Å². The van der Waals surface area contributed by atoms with Crippen LogP contribution in [-0.2, 0) is 9.53 Å². The van der Waals surface area contributed by atoms with Crippen molar-refractivity contribution in [3.8, 4) is 0 Å². The summed E-state index contributed by atoms with van der Waals surface area (Å²) < 4.78 is 4.72. The first kappa shape index (κ1) is 9.43. The molecule has 0 aromatic heterocycles. The van der Waals surface area contributed by atoms with Gasteiger partial charge in [-0.15, -0.1) is 0 Å². The lowest BCUT2D eigenvalue weighted by Gasteiger charge is -2.11. The average molecular weight is 146 g/mol. The zero-order valence-corrected chi connectivity index (χ0v) is 6.63. The van der Waals surface area contributed by atoms with E-state index in [9.17, 15) is 4.79 Å². The fraction of sp³-hybridized carbons (Fsp3) is 0.857. The van der Waals surface area contributed by atoms with E-state index in [0.29, 0.717) is 12.3 Å². The highest BCUT2D eigenvalue weighted by atomic mass is 16.5. The summed E-state index contributed by atoms with van der Waals surface area (Å²) in [5.74, 6) is -0.516. The van der Waals surface area contributed by atoms with E-state index < -0.39 is 12.1 Å². The molecule has 0 aromatic rings. The van der Waals surface area contributed by atoms with Gasteiger partial charge in [0.05, 0.1) is 0 Å². The first-order valence-corrected chi connectivity index (χ1v) is 3.33. The number of ether oxygens (including phenoxy) is 1. The zero-order valence-electron chi connectivity index (χ0n) is 6.63. The fourth-order valence-corrected chi connectivity index (χ4v) is 0.726. The Hall–Kier alpha value is -0.570. The molecule has 0 amide bonds. The summed E-state index contributed by atoms with van der Waals surface area (Å²) in [4.78, 5) is 10.3. The second kappa shape index (κ2) is 4.28. The SMILES string of the molecule is CO[C@@H](CC(C)C)C(=O)O. The zero-order chi connectivity index (χ0) is 8.15. The van der Waals surface area contributed by atoms with Crippen LogP contribution in [0.5, 0.6) is 0 Å². The van der Waals surface area contributed by atoms with Crippen LogP contribution in [0.3, 0.4) is 0 Å². The molecule has 3 nitrogen and oxygen atoms in total. The Kier molecular flexibility index (Phi) is 4.03. The Morgan fingerprint density at radius 3 is 2.20 bits per heavy atom. The fourth-order valence-electron chi connectivity index (χ4n) is 0.726. The van der Waals surface area contributed by atoms with Crippen LogP contribution in [-0.4, -0.2) is 24.3 Å². The van der Waals surface area contributed by atoms with Crippen molar-refractivity contribution in [2.24, 2.45) is 5.92 Å². The van der Waals surface area contributed by atoms with Crippen LogP contribution in [0.15, 0.2) is 0 Å². The summed E-state index contributed by atoms with van der Waals surface area (Å²) in [5.41, 5.74) is 0. The molecule has 1 atom stereocenters. The first-order chi connectivity index (χ1) is 4.57. The minimum Gasteiger partial charge on any atom is -0.479 e. The Morgan fingerprint density at radius 1 is 1.60 bits per heavy atom. The van der Waals surface area contributed by atoms with Crippen molar-refractivity contribution >= 4 is 5.97 Å². The van der Waals surface area contributed by atoms with E-state index >= 15 is 0 Å². The molecule has 0 heterocycles. The molecule has 0 bridgehead atoms. The van der Waals surface area contributed by atoms with Crippen molar-refractivity contribution < 1.29 is 14.6 Å². The van der Waals surface area contributed by atoms with Gasteiger partial charge in [0.25, 0.3) is 0 Å². The van der Waals surface area contributed by atoms with Crippen molar-refractivity contribution in [1.82, 2.24) is 0 Å². The van der Waals surface area contributed by atoms with Gasteiger partial charge in [-0.2, -0.15) is 0 Å². The van der Waals surface area contributed by atoms with Crippen LogP contribution in [0.4, 0.5) is 0 Å². The van der Waals surface area contributed by atoms with E-state index in [2.05, 4.69) is 0 Å². The summed E-state index contributed by atoms with van der Waals surface area (Å²) >= 11 is 0. The van der Waals surface area contributed by atoms with E-state index in [4.69, 9.17) is 9.84 Å². The van der Waals surface area contributed by atoms with Gasteiger partial charge in [0.1, 0.15) is 0 Å². The molecular formula is C7H14O3. The lowest BCUT2D eigenvalue weighted by molar-refractivity contribution is -0.149. The predicted molar refractivity (Wildman–Crippen MR) is 37.9 cm³/mol. The van der Waals surface area contributed by atoms with Gasteiger partial charge in [-0.1, -0.05) is 13.8 Å². The molecule has 0 rings (SSSR count). The Morgan fingerprint density at radius 2 is 2.10 bits per heavy atom. The molecule has 0 saturated carbocycles. The number of aliphatic carboxylic acids is 1. The van der Waals surface area contributed by atoms with Crippen LogP contribution in [0.25, 0.3) is 0 Å². The molecule has 0 spiro atoms. The smallest absolute Gasteiger partial charge is 0.332 e. The lowest BCUT2D eigenvalue weighted by Crippen LogP contribution is -2.23. The molecular weight excluding hydrogens is 132 g/mol. The maximum Gasteiger partial charge on any atom is 0.332 e. The highest BCUT2D eigenvalue weighted by Gasteiger charge is 2.16. The summed E-state index contributed by atoms with van der Waals surface area (Å²) in [6, 6.07) is 0. The lowest BCUT2D eigenvalue weighted by atomic mass is 10.1. The minimum absolute atomic E-state index is 0.362. The van der Waals surface area contributed by atoms with Crippen LogP contribution < -0.4 is 0 Å². The third-order valence-corrected chi connectivity index (χ3v) is 1.25.